The molecule has 2 unspecified atom stereocenters. The molecule has 2 fully saturated rings. The number of anilines is 1. The van der Waals surface area contributed by atoms with Gasteiger partial charge in [-0.3, -0.25) is 4.57 Å². The summed E-state index contributed by atoms with van der Waals surface area (Å²) in [7, 11) is -4.96. The Kier molecular flexibility index (Phi) is 11.2. The van der Waals surface area contributed by atoms with Crippen molar-refractivity contribution in [1.82, 2.24) is 19.5 Å². The molecule has 0 aliphatic carbocycles. The number of nitrogens with two attached hydrogens (primary N) is 1. The molecular weight excluding hydrogens is 750 g/mol. The van der Waals surface area contributed by atoms with Crippen LogP contribution in [0.1, 0.15) is 65.9 Å². The van der Waals surface area contributed by atoms with E-state index in [9.17, 15) is 8.78 Å². The molecule has 1 aromatic carbocycles. The Morgan fingerprint density at radius 3 is 2.24 bits per heavy atom. The standard InChI is InChI=1S/C31H46ClF3N5O6PSSi2/c1-30(2,3)49(7,8)45-25-20(14-42-47(48)41-12-11-19(44-47)17-13-18(33)23(35)21(32)22(17)34)43-29(26(25)46-50(9,10)31(4,5)6)40-16-39-24-27(36)37-15-38-28(24)40/h13,15-16,19-20,25-26,29H,11-12,14H2,1-10H3,(H2,36,37,38)/t19?,20-,25-,26-,29-,47?/m1/s1. The van der Waals surface area contributed by atoms with Gasteiger partial charge in [0.25, 0.3) is 0 Å². The minimum Gasteiger partial charge on any atom is -0.408 e. The van der Waals surface area contributed by atoms with Crippen molar-refractivity contribution in [3.63, 3.8) is 0 Å². The monoisotopic (exact) mass is 795 g/mol. The van der Waals surface area contributed by atoms with Crippen molar-refractivity contribution in [2.45, 2.75) is 115 Å². The van der Waals surface area contributed by atoms with Crippen molar-refractivity contribution in [1.29, 1.82) is 0 Å². The van der Waals surface area contributed by atoms with Crippen LogP contribution in [-0.2, 0) is 39.0 Å². The van der Waals surface area contributed by atoms with Crippen molar-refractivity contribution >= 4 is 63.7 Å². The fourth-order valence-corrected chi connectivity index (χ4v) is 10.1. The highest BCUT2D eigenvalue weighted by molar-refractivity contribution is 8.07. The number of nitrogens with zero attached hydrogens (tertiary/aromatic N) is 4. The number of rotatable bonds is 9. The van der Waals surface area contributed by atoms with E-state index in [1.54, 1.807) is 10.9 Å². The predicted octanol–water partition coefficient (Wildman–Crippen LogP) is 8.58. The molecule has 19 heteroatoms. The second-order valence-corrected chi connectivity index (χ2v) is 28.5. The zero-order valence-electron chi connectivity index (χ0n) is 29.9. The fraction of sp³-hybridized carbons (Fsp3) is 0.645. The van der Waals surface area contributed by atoms with Crippen LogP contribution < -0.4 is 5.73 Å². The molecule has 4 heterocycles. The number of fused-ring (bicyclic) bond motifs is 1. The molecule has 0 spiro atoms. The van der Waals surface area contributed by atoms with Crippen molar-refractivity contribution in [2.24, 2.45) is 0 Å². The first-order valence-electron chi connectivity index (χ1n) is 16.3. The lowest BCUT2D eigenvalue weighted by Crippen LogP contribution is -2.54. The summed E-state index contributed by atoms with van der Waals surface area (Å²) >= 11 is 11.5. The summed E-state index contributed by atoms with van der Waals surface area (Å²) in [6.07, 6.45) is -0.858. The van der Waals surface area contributed by atoms with Gasteiger partial charge in [-0.15, -0.1) is 0 Å². The number of hydrogen-bond donors (Lipinski definition) is 1. The maximum atomic E-state index is 15.0. The van der Waals surface area contributed by atoms with Crippen LogP contribution in [0.3, 0.4) is 0 Å². The molecule has 2 N–H and O–H groups in total. The van der Waals surface area contributed by atoms with Crippen LogP contribution in [-0.4, -0.2) is 67.7 Å². The molecule has 2 aliphatic rings. The lowest BCUT2D eigenvalue weighted by Gasteiger charge is -2.44. The average Bonchev–Trinajstić information content (AvgIpc) is 3.57. The van der Waals surface area contributed by atoms with Crippen LogP contribution in [0.25, 0.3) is 11.2 Å². The molecule has 5 rings (SSSR count). The number of halogens is 4. The maximum Gasteiger partial charge on any atom is 0.327 e. The van der Waals surface area contributed by atoms with Crippen LogP contribution in [0.4, 0.5) is 19.0 Å². The van der Waals surface area contributed by atoms with Gasteiger partial charge in [-0.25, -0.2) is 28.1 Å². The SMILES string of the molecule is CC(C)(C)[Si](C)(C)O[C@@H]1[C@H](O[Si](C)(C)C(C)(C)C)[C@@H](COP2(=S)OCCC(c3cc(F)c(F)c(Cl)c3F)O2)O[C@H]1n1cnc2c(N)ncnc21. The van der Waals surface area contributed by atoms with E-state index in [0.717, 1.165) is 0 Å². The summed E-state index contributed by atoms with van der Waals surface area (Å²) in [5.74, 6) is -3.70. The fourth-order valence-electron chi connectivity index (χ4n) is 5.20. The predicted molar refractivity (Wildman–Crippen MR) is 194 cm³/mol. The molecule has 0 amide bonds. The van der Waals surface area contributed by atoms with Gasteiger partial charge in [-0.2, -0.15) is 0 Å². The number of nitrogen functional groups attached to an aromatic ring is 1. The number of benzene rings is 1. The Bertz CT molecular complexity index is 1800. The lowest BCUT2D eigenvalue weighted by molar-refractivity contribution is -0.0515. The van der Waals surface area contributed by atoms with Gasteiger partial charge in [-0.1, -0.05) is 53.1 Å². The number of aromatic nitrogens is 4. The third kappa shape index (κ3) is 7.74. The largest absolute Gasteiger partial charge is 0.408 e. The van der Waals surface area contributed by atoms with Crippen molar-refractivity contribution in [2.75, 3.05) is 18.9 Å². The molecule has 3 aromatic rings. The summed E-state index contributed by atoms with van der Waals surface area (Å²) in [4.78, 5) is 13.0. The molecule has 0 bridgehead atoms. The Labute approximate surface area is 303 Å². The molecule has 0 saturated carbocycles. The first kappa shape index (κ1) is 39.7. The summed E-state index contributed by atoms with van der Waals surface area (Å²) < 4.78 is 84.1. The highest BCUT2D eigenvalue weighted by Crippen LogP contribution is 2.58. The van der Waals surface area contributed by atoms with E-state index in [1.165, 1.54) is 6.33 Å². The zero-order valence-corrected chi connectivity index (χ0v) is 34.4. The van der Waals surface area contributed by atoms with Crippen LogP contribution >= 0.6 is 18.3 Å². The topological polar surface area (TPSA) is 125 Å². The van der Waals surface area contributed by atoms with E-state index in [2.05, 4.69) is 82.7 Å². The van der Waals surface area contributed by atoms with Gasteiger partial charge in [0, 0.05) is 12.0 Å². The Balaban J connectivity index is 1.52. The van der Waals surface area contributed by atoms with Gasteiger partial charge in [0.05, 0.1) is 25.6 Å². The van der Waals surface area contributed by atoms with Crippen molar-refractivity contribution in [3.05, 3.63) is 46.8 Å². The third-order valence-corrected chi connectivity index (χ3v) is 21.8. The molecule has 278 valence electrons. The highest BCUT2D eigenvalue weighted by atomic mass is 35.5. The molecule has 6 atom stereocenters. The second kappa shape index (κ2) is 14.0. The zero-order chi connectivity index (χ0) is 37.2. The summed E-state index contributed by atoms with van der Waals surface area (Å²) in [6.45, 7) is 17.8. The maximum absolute atomic E-state index is 15.0. The van der Waals surface area contributed by atoms with E-state index >= 15 is 4.39 Å². The number of ether oxygens (including phenoxy) is 1. The van der Waals surface area contributed by atoms with Crippen LogP contribution in [0.5, 0.6) is 0 Å². The van der Waals surface area contributed by atoms with E-state index in [1.807, 2.05) is 0 Å². The summed E-state index contributed by atoms with van der Waals surface area (Å²) in [5, 5.41) is -1.30. The molecule has 0 radical (unpaired) electrons. The van der Waals surface area contributed by atoms with E-state index in [-0.39, 0.29) is 41.1 Å². The van der Waals surface area contributed by atoms with Crippen molar-refractivity contribution < 1.29 is 40.3 Å². The van der Waals surface area contributed by atoms with Crippen molar-refractivity contribution in [3.8, 4) is 0 Å². The van der Waals surface area contributed by atoms with E-state index < -0.39 is 76.5 Å². The van der Waals surface area contributed by atoms with Gasteiger partial charge in [0.1, 0.15) is 35.2 Å². The number of imidazole rings is 1. The van der Waals surface area contributed by atoms with Crippen LogP contribution in [0.2, 0.25) is 41.3 Å². The molecule has 11 nitrogen and oxygen atoms in total. The molecule has 2 aromatic heterocycles. The van der Waals surface area contributed by atoms with Gasteiger partial charge >= 0.3 is 6.72 Å². The smallest absolute Gasteiger partial charge is 0.327 e. The Morgan fingerprint density at radius 1 is 1.00 bits per heavy atom. The normalized spacial score (nSPS) is 27.0. The van der Waals surface area contributed by atoms with Crippen LogP contribution in [0, 0.1) is 17.5 Å². The lowest BCUT2D eigenvalue weighted by atomic mass is 10.1. The Morgan fingerprint density at radius 2 is 1.62 bits per heavy atom. The van der Waals surface area contributed by atoms with Crippen LogP contribution in [0.15, 0.2) is 18.7 Å². The van der Waals surface area contributed by atoms with Gasteiger partial charge < -0.3 is 32.9 Å². The van der Waals surface area contributed by atoms with Gasteiger partial charge in [0.15, 0.2) is 51.8 Å². The van der Waals surface area contributed by atoms with E-state index in [4.69, 9.17) is 56.3 Å². The summed E-state index contributed by atoms with van der Waals surface area (Å²) in [6, 6.07) is 0.717. The van der Waals surface area contributed by atoms with Gasteiger partial charge in [0.2, 0.25) is 0 Å². The Hall–Kier alpha value is -1.51. The molecular formula is C31H46ClF3N5O6PSSi2. The second-order valence-electron chi connectivity index (χ2n) is 15.7. The minimum absolute atomic E-state index is 0.0231. The first-order valence-corrected chi connectivity index (χ1v) is 25.1. The quantitative estimate of drug-likeness (QED) is 0.0969. The average molecular weight is 796 g/mol. The summed E-state index contributed by atoms with van der Waals surface area (Å²) in [5.41, 5.74) is 6.74. The van der Waals surface area contributed by atoms with Gasteiger partial charge in [-0.05, 0) is 54.1 Å². The minimum atomic E-state index is -3.58. The third-order valence-electron chi connectivity index (χ3n) is 10.2. The number of hydrogen-bond acceptors (Lipinski definition) is 11. The molecule has 2 aliphatic heterocycles. The molecule has 50 heavy (non-hydrogen) atoms. The van der Waals surface area contributed by atoms with E-state index in [0.29, 0.717) is 17.2 Å². The highest BCUT2D eigenvalue weighted by Gasteiger charge is 2.55. The first-order chi connectivity index (χ1) is 23.0. The molecule has 2 saturated heterocycles.